The van der Waals surface area contributed by atoms with E-state index < -0.39 is 7.05 Å². The molecule has 0 bridgehead atoms. The summed E-state index contributed by atoms with van der Waals surface area (Å²) in [5.74, 6) is 0.477. The summed E-state index contributed by atoms with van der Waals surface area (Å²) in [4.78, 5) is 3.72. The third-order valence-electron chi connectivity index (χ3n) is 0.761. The van der Waals surface area contributed by atoms with E-state index in [1.54, 1.807) is 6.82 Å². The van der Waals surface area contributed by atoms with Crippen molar-refractivity contribution in [3.05, 3.63) is 6.33 Å². The molecule has 1 heterocycles. The van der Waals surface area contributed by atoms with Crippen LogP contribution in [0.5, 0.6) is 0 Å². The Morgan fingerprint density at radius 1 is 1.89 bits per heavy atom. The summed E-state index contributed by atoms with van der Waals surface area (Å²) in [6, 6.07) is 0. The molecule has 0 radical (unpaired) electrons. The second-order valence-electron chi connectivity index (χ2n) is 1.65. The third kappa shape index (κ3) is 1.73. The van der Waals surface area contributed by atoms with E-state index in [0.717, 1.165) is 0 Å². The van der Waals surface area contributed by atoms with Crippen molar-refractivity contribution in [3.8, 4) is 0 Å². The Morgan fingerprint density at radius 2 is 2.67 bits per heavy atom. The van der Waals surface area contributed by atoms with E-state index in [1.165, 1.54) is 6.33 Å². The lowest BCUT2D eigenvalue weighted by Gasteiger charge is -1.97. The first-order valence-corrected chi connectivity index (χ1v) is 2.59. The standard InChI is InChI=1S/C3H7BN4O/c1-4(9)7-3-5-2-6-8-3/h2,9H,1H3,(H2,5,6,7,8). The van der Waals surface area contributed by atoms with Crippen LogP contribution in [0.15, 0.2) is 6.33 Å². The summed E-state index contributed by atoms with van der Waals surface area (Å²) < 4.78 is 0. The predicted octanol–water partition coefficient (Wildman–Crippen LogP) is -0.673. The summed E-state index contributed by atoms with van der Waals surface area (Å²) in [7, 11) is -0.599. The Morgan fingerprint density at radius 3 is 3.11 bits per heavy atom. The van der Waals surface area contributed by atoms with Crippen molar-refractivity contribution >= 4 is 13.0 Å². The predicted molar refractivity (Wildman–Crippen MR) is 33.8 cm³/mol. The molecule has 48 valence electrons. The van der Waals surface area contributed by atoms with E-state index >= 15 is 0 Å². The van der Waals surface area contributed by atoms with Crippen LogP contribution in [0.3, 0.4) is 0 Å². The zero-order valence-corrected chi connectivity index (χ0v) is 5.00. The molecule has 0 atom stereocenters. The molecule has 0 aliphatic carbocycles. The number of aromatic nitrogens is 3. The van der Waals surface area contributed by atoms with Gasteiger partial charge < -0.3 is 10.3 Å². The zero-order chi connectivity index (χ0) is 6.69. The molecule has 5 nitrogen and oxygen atoms in total. The summed E-state index contributed by atoms with van der Waals surface area (Å²) >= 11 is 0. The molecule has 0 amide bonds. The van der Waals surface area contributed by atoms with E-state index in [9.17, 15) is 0 Å². The van der Waals surface area contributed by atoms with E-state index in [-0.39, 0.29) is 0 Å². The maximum Gasteiger partial charge on any atom is 0.409 e. The number of nitrogens with zero attached hydrogens (tertiary/aromatic N) is 2. The van der Waals surface area contributed by atoms with Crippen LogP contribution in [-0.2, 0) is 0 Å². The Bertz CT molecular complexity index is 162. The SMILES string of the molecule is CB(O)Nc1ncn[nH]1. The topological polar surface area (TPSA) is 73.8 Å². The Labute approximate surface area is 52.6 Å². The Hall–Kier alpha value is -1.04. The third-order valence-corrected chi connectivity index (χ3v) is 0.761. The van der Waals surface area contributed by atoms with Crippen LogP contribution in [0.4, 0.5) is 5.95 Å². The first-order chi connectivity index (χ1) is 4.29. The van der Waals surface area contributed by atoms with Gasteiger partial charge in [0, 0.05) is 0 Å². The molecule has 6 heteroatoms. The van der Waals surface area contributed by atoms with Gasteiger partial charge in [-0.05, 0) is 6.82 Å². The van der Waals surface area contributed by atoms with Gasteiger partial charge in [-0.25, -0.2) is 10.1 Å². The molecule has 0 fully saturated rings. The van der Waals surface area contributed by atoms with Crippen LogP contribution in [0.1, 0.15) is 0 Å². The van der Waals surface area contributed by atoms with Crippen LogP contribution < -0.4 is 5.23 Å². The number of rotatable bonds is 2. The van der Waals surface area contributed by atoms with Gasteiger partial charge in [0.05, 0.1) is 0 Å². The van der Waals surface area contributed by atoms with Gasteiger partial charge in [0.1, 0.15) is 6.33 Å². The molecule has 0 aliphatic rings. The fourth-order valence-electron chi connectivity index (χ4n) is 0.473. The highest BCUT2D eigenvalue weighted by Crippen LogP contribution is 1.90. The van der Waals surface area contributed by atoms with Crippen molar-refractivity contribution in [3.63, 3.8) is 0 Å². The van der Waals surface area contributed by atoms with Gasteiger partial charge in [-0.1, -0.05) is 0 Å². The van der Waals surface area contributed by atoms with Crippen molar-refractivity contribution in [2.24, 2.45) is 0 Å². The number of anilines is 1. The molecule has 3 N–H and O–H groups in total. The molecule has 9 heavy (non-hydrogen) atoms. The molecule has 0 saturated carbocycles. The van der Waals surface area contributed by atoms with Crippen molar-refractivity contribution in [1.29, 1.82) is 0 Å². The average Bonchev–Trinajstić information content (AvgIpc) is 2.15. The molecule has 1 aromatic rings. The Balaban J connectivity index is 2.48. The average molecular weight is 126 g/mol. The second kappa shape index (κ2) is 2.50. The lowest BCUT2D eigenvalue weighted by molar-refractivity contribution is 0.586. The van der Waals surface area contributed by atoms with Crippen LogP contribution >= 0.6 is 0 Å². The molecular formula is C3H7BN4O. The van der Waals surface area contributed by atoms with Crippen LogP contribution in [0.25, 0.3) is 0 Å². The van der Waals surface area contributed by atoms with Crippen molar-refractivity contribution in [2.45, 2.75) is 6.82 Å². The molecule has 0 saturated heterocycles. The smallest absolute Gasteiger partial charge is 0.409 e. The van der Waals surface area contributed by atoms with E-state index in [0.29, 0.717) is 5.95 Å². The molecule has 0 spiro atoms. The number of aromatic amines is 1. The minimum atomic E-state index is -0.599. The van der Waals surface area contributed by atoms with Crippen molar-refractivity contribution < 1.29 is 5.02 Å². The zero-order valence-electron chi connectivity index (χ0n) is 5.00. The van der Waals surface area contributed by atoms with E-state index in [4.69, 9.17) is 5.02 Å². The second-order valence-corrected chi connectivity index (χ2v) is 1.65. The van der Waals surface area contributed by atoms with Gasteiger partial charge in [-0.3, -0.25) is 0 Å². The lowest BCUT2D eigenvalue weighted by Crippen LogP contribution is -2.20. The normalized spacial score (nSPS) is 9.11. The molecule has 1 rings (SSSR count). The van der Waals surface area contributed by atoms with Crippen molar-refractivity contribution in [2.75, 3.05) is 5.23 Å². The maximum atomic E-state index is 8.73. The highest BCUT2D eigenvalue weighted by Gasteiger charge is 2.02. The van der Waals surface area contributed by atoms with Gasteiger partial charge in [0.25, 0.3) is 0 Å². The number of H-pyrrole nitrogens is 1. The molecule has 0 aliphatic heterocycles. The molecular weight excluding hydrogens is 119 g/mol. The van der Waals surface area contributed by atoms with Crippen LogP contribution in [-0.4, -0.2) is 27.3 Å². The van der Waals surface area contributed by atoms with Crippen LogP contribution in [0, 0.1) is 0 Å². The minimum Gasteiger partial charge on any atom is -0.433 e. The molecule has 1 aromatic heterocycles. The number of nitrogens with one attached hydrogen (secondary N) is 2. The summed E-state index contributed by atoms with van der Waals surface area (Å²) in [5, 5.41) is 17.4. The molecule has 0 aromatic carbocycles. The van der Waals surface area contributed by atoms with Gasteiger partial charge in [-0.15, -0.1) is 0 Å². The first-order valence-electron chi connectivity index (χ1n) is 2.59. The minimum absolute atomic E-state index is 0.477. The highest BCUT2D eigenvalue weighted by molar-refractivity contribution is 6.52. The monoisotopic (exact) mass is 126 g/mol. The lowest BCUT2D eigenvalue weighted by atomic mass is 9.89. The summed E-state index contributed by atoms with van der Waals surface area (Å²) in [5.41, 5.74) is 0. The molecule has 0 unspecified atom stereocenters. The maximum absolute atomic E-state index is 8.73. The number of hydrogen-bond donors (Lipinski definition) is 3. The van der Waals surface area contributed by atoms with Gasteiger partial charge >= 0.3 is 7.05 Å². The first kappa shape index (κ1) is 6.09. The van der Waals surface area contributed by atoms with E-state index in [1.807, 2.05) is 0 Å². The number of hydrogen-bond acceptors (Lipinski definition) is 4. The summed E-state index contributed by atoms with van der Waals surface area (Å²) in [6.45, 7) is 1.60. The van der Waals surface area contributed by atoms with Gasteiger partial charge in [0.2, 0.25) is 5.95 Å². The van der Waals surface area contributed by atoms with Crippen molar-refractivity contribution in [1.82, 2.24) is 15.2 Å². The van der Waals surface area contributed by atoms with Gasteiger partial charge in [0.15, 0.2) is 0 Å². The fourth-order valence-corrected chi connectivity index (χ4v) is 0.473. The van der Waals surface area contributed by atoms with Gasteiger partial charge in [-0.2, -0.15) is 5.10 Å². The highest BCUT2D eigenvalue weighted by atomic mass is 16.2. The Kier molecular flexibility index (Phi) is 1.69. The fraction of sp³-hybridized carbons (Fsp3) is 0.333. The summed E-state index contributed by atoms with van der Waals surface area (Å²) in [6.07, 6.45) is 1.37. The van der Waals surface area contributed by atoms with Crippen LogP contribution in [0.2, 0.25) is 6.82 Å². The quantitative estimate of drug-likeness (QED) is 0.459. The largest absolute Gasteiger partial charge is 0.433 e. The van der Waals surface area contributed by atoms with E-state index in [2.05, 4.69) is 20.4 Å².